The molecule has 1 saturated carbocycles. The molecule has 0 spiro atoms. The van der Waals surface area contributed by atoms with Gasteiger partial charge in [-0.3, -0.25) is 4.79 Å². The van der Waals surface area contributed by atoms with Crippen molar-refractivity contribution >= 4 is 24.0 Å². The Morgan fingerprint density at radius 2 is 2.15 bits per heavy atom. The van der Waals surface area contributed by atoms with Crippen molar-refractivity contribution in [2.45, 2.75) is 25.3 Å². The number of benzene rings is 1. The van der Waals surface area contributed by atoms with E-state index in [1.165, 1.54) is 0 Å². The number of halogens is 1. The Bertz CT molecular complexity index is 471. The van der Waals surface area contributed by atoms with Crippen LogP contribution in [0.4, 0.5) is 5.69 Å². The van der Waals surface area contributed by atoms with Crippen LogP contribution in [0.15, 0.2) is 24.3 Å². The molecule has 1 atom stereocenters. The highest BCUT2D eigenvalue weighted by atomic mass is 35.5. The van der Waals surface area contributed by atoms with Gasteiger partial charge in [-0.25, -0.2) is 0 Å². The lowest BCUT2D eigenvalue weighted by molar-refractivity contribution is 0.0706. The zero-order chi connectivity index (χ0) is 13.2. The van der Waals surface area contributed by atoms with Crippen molar-refractivity contribution in [1.82, 2.24) is 4.90 Å². The topological polar surface area (TPSA) is 55.6 Å². The monoisotopic (exact) mass is 296 g/mol. The van der Waals surface area contributed by atoms with Crippen molar-refractivity contribution in [3.05, 3.63) is 29.8 Å². The maximum Gasteiger partial charge on any atom is 0.254 e. The maximum atomic E-state index is 12.6. The highest BCUT2D eigenvalue weighted by Crippen LogP contribution is 2.30. The quantitative estimate of drug-likeness (QED) is 0.868. The van der Waals surface area contributed by atoms with Crippen LogP contribution in [-0.2, 0) is 4.74 Å². The molecule has 1 amide bonds. The van der Waals surface area contributed by atoms with E-state index in [9.17, 15) is 4.79 Å². The molecule has 0 aromatic heterocycles. The summed E-state index contributed by atoms with van der Waals surface area (Å²) in [5.41, 5.74) is 7.11. The van der Waals surface area contributed by atoms with Crippen LogP contribution in [0.1, 0.15) is 29.6 Å². The molecule has 1 aliphatic heterocycles. The summed E-state index contributed by atoms with van der Waals surface area (Å²) in [5.74, 6) is 0.604. The first-order valence-corrected chi connectivity index (χ1v) is 6.98. The van der Waals surface area contributed by atoms with Crippen molar-refractivity contribution in [2.75, 3.05) is 25.5 Å². The van der Waals surface area contributed by atoms with Gasteiger partial charge in [-0.1, -0.05) is 6.07 Å². The first-order chi connectivity index (χ1) is 9.24. The number of hydrogen-bond acceptors (Lipinski definition) is 3. The Labute approximate surface area is 125 Å². The number of anilines is 1. The number of nitrogens with two attached hydrogens (primary N) is 1. The fourth-order valence-corrected chi connectivity index (χ4v) is 2.63. The summed E-state index contributed by atoms with van der Waals surface area (Å²) in [4.78, 5) is 14.6. The van der Waals surface area contributed by atoms with E-state index in [0.717, 1.165) is 39.0 Å². The molecule has 1 saturated heterocycles. The van der Waals surface area contributed by atoms with Crippen LogP contribution in [-0.4, -0.2) is 36.6 Å². The number of amides is 1. The first-order valence-electron chi connectivity index (χ1n) is 6.98. The molecule has 1 aliphatic carbocycles. The normalized spacial score (nSPS) is 21.3. The average molecular weight is 297 g/mol. The minimum atomic E-state index is 0. The summed E-state index contributed by atoms with van der Waals surface area (Å²) < 4.78 is 5.40. The van der Waals surface area contributed by atoms with Gasteiger partial charge in [0.2, 0.25) is 0 Å². The highest BCUT2D eigenvalue weighted by molar-refractivity contribution is 5.95. The molecule has 1 unspecified atom stereocenters. The Morgan fingerprint density at radius 1 is 1.35 bits per heavy atom. The van der Waals surface area contributed by atoms with Gasteiger partial charge in [0.25, 0.3) is 5.91 Å². The van der Waals surface area contributed by atoms with Crippen molar-refractivity contribution < 1.29 is 9.53 Å². The predicted molar refractivity (Wildman–Crippen MR) is 81.1 cm³/mol. The number of rotatable bonds is 4. The first kappa shape index (κ1) is 15.1. The molecule has 2 N–H and O–H groups in total. The van der Waals surface area contributed by atoms with Gasteiger partial charge in [-0.05, 0) is 37.5 Å². The number of carbonyl (C=O) groups is 1. The van der Waals surface area contributed by atoms with Gasteiger partial charge >= 0.3 is 0 Å². The van der Waals surface area contributed by atoms with Crippen LogP contribution >= 0.6 is 12.4 Å². The third kappa shape index (κ3) is 3.44. The number of nitrogen functional groups attached to an aromatic ring is 1. The van der Waals surface area contributed by atoms with Gasteiger partial charge < -0.3 is 15.4 Å². The second kappa shape index (κ2) is 6.46. The lowest BCUT2D eigenvalue weighted by atomic mass is 10.1. The average Bonchev–Trinajstić information content (AvgIpc) is 3.12. The van der Waals surface area contributed by atoms with E-state index in [2.05, 4.69) is 0 Å². The minimum Gasteiger partial charge on any atom is -0.399 e. The largest absolute Gasteiger partial charge is 0.399 e. The van der Waals surface area contributed by atoms with Gasteiger partial charge in [0, 0.05) is 36.4 Å². The number of nitrogens with zero attached hydrogens (tertiary/aromatic N) is 1. The third-order valence-corrected chi connectivity index (χ3v) is 3.86. The molecule has 1 heterocycles. The van der Waals surface area contributed by atoms with Crippen LogP contribution in [0.2, 0.25) is 0 Å². The number of carbonyl (C=O) groups excluding carboxylic acids is 1. The molecule has 5 heteroatoms. The van der Waals surface area contributed by atoms with Crippen LogP contribution in [0.3, 0.4) is 0 Å². The molecule has 3 rings (SSSR count). The molecule has 110 valence electrons. The van der Waals surface area contributed by atoms with Gasteiger partial charge in [-0.2, -0.15) is 0 Å². The van der Waals surface area contributed by atoms with Crippen LogP contribution in [0, 0.1) is 5.92 Å². The molecule has 0 radical (unpaired) electrons. The van der Waals surface area contributed by atoms with Crippen LogP contribution in [0.5, 0.6) is 0 Å². The number of hydrogen-bond donors (Lipinski definition) is 1. The Hall–Kier alpha value is -1.26. The fourth-order valence-electron chi connectivity index (χ4n) is 2.63. The Morgan fingerprint density at radius 3 is 2.75 bits per heavy atom. The summed E-state index contributed by atoms with van der Waals surface area (Å²) >= 11 is 0. The summed E-state index contributed by atoms with van der Waals surface area (Å²) in [7, 11) is 0. The summed E-state index contributed by atoms with van der Waals surface area (Å²) in [6.07, 6.45) is 3.32. The molecule has 1 aromatic carbocycles. The van der Waals surface area contributed by atoms with E-state index in [1.54, 1.807) is 6.07 Å². The van der Waals surface area contributed by atoms with Gasteiger partial charge in [0.1, 0.15) is 0 Å². The van der Waals surface area contributed by atoms with Crippen molar-refractivity contribution in [3.8, 4) is 0 Å². The maximum absolute atomic E-state index is 12.6. The molecular weight excluding hydrogens is 276 g/mol. The predicted octanol–water partition coefficient (Wildman–Crippen LogP) is 2.33. The SMILES string of the molecule is Cl.Nc1cccc(C(=O)N(CC2CCOC2)C2CC2)c1. The molecule has 2 fully saturated rings. The molecule has 1 aromatic rings. The second-order valence-electron chi connectivity index (χ2n) is 5.54. The lowest BCUT2D eigenvalue weighted by Crippen LogP contribution is -2.37. The van der Waals surface area contributed by atoms with Crippen molar-refractivity contribution in [2.24, 2.45) is 5.92 Å². The molecule has 0 bridgehead atoms. The molecule has 2 aliphatic rings. The lowest BCUT2D eigenvalue weighted by Gasteiger charge is -2.25. The van der Waals surface area contributed by atoms with Crippen LogP contribution in [0.25, 0.3) is 0 Å². The highest BCUT2D eigenvalue weighted by Gasteiger charge is 2.35. The minimum absolute atomic E-state index is 0. The van der Waals surface area contributed by atoms with E-state index in [0.29, 0.717) is 23.2 Å². The smallest absolute Gasteiger partial charge is 0.254 e. The molecule has 4 nitrogen and oxygen atoms in total. The van der Waals surface area contributed by atoms with E-state index in [4.69, 9.17) is 10.5 Å². The zero-order valence-corrected chi connectivity index (χ0v) is 12.3. The van der Waals surface area contributed by atoms with E-state index in [-0.39, 0.29) is 18.3 Å². The Balaban J connectivity index is 0.00000147. The fraction of sp³-hybridized carbons (Fsp3) is 0.533. The van der Waals surface area contributed by atoms with Crippen molar-refractivity contribution in [3.63, 3.8) is 0 Å². The summed E-state index contributed by atoms with van der Waals surface area (Å²) in [6, 6.07) is 7.69. The van der Waals surface area contributed by atoms with E-state index >= 15 is 0 Å². The second-order valence-corrected chi connectivity index (χ2v) is 5.54. The summed E-state index contributed by atoms with van der Waals surface area (Å²) in [5, 5.41) is 0. The van der Waals surface area contributed by atoms with Crippen LogP contribution < -0.4 is 5.73 Å². The third-order valence-electron chi connectivity index (χ3n) is 3.86. The van der Waals surface area contributed by atoms with Gasteiger partial charge in [0.15, 0.2) is 0 Å². The van der Waals surface area contributed by atoms with Crippen molar-refractivity contribution in [1.29, 1.82) is 0 Å². The van der Waals surface area contributed by atoms with E-state index < -0.39 is 0 Å². The standard InChI is InChI=1S/C15H20N2O2.ClH/c16-13-3-1-2-12(8-13)15(18)17(14-4-5-14)9-11-6-7-19-10-11;/h1-3,8,11,14H,4-7,9-10,16H2;1H. The van der Waals surface area contributed by atoms with E-state index in [1.807, 2.05) is 23.1 Å². The van der Waals surface area contributed by atoms with Gasteiger partial charge in [-0.15, -0.1) is 12.4 Å². The summed E-state index contributed by atoms with van der Waals surface area (Å²) in [6.45, 7) is 2.43. The molecular formula is C15H21ClN2O2. The number of ether oxygens (including phenoxy) is 1. The van der Waals surface area contributed by atoms with Gasteiger partial charge in [0.05, 0.1) is 6.61 Å². The Kier molecular flexibility index (Phi) is 4.89. The molecule has 20 heavy (non-hydrogen) atoms. The zero-order valence-electron chi connectivity index (χ0n) is 11.5.